The molecule has 0 spiro atoms. The SMILES string of the molecule is C=C(O)C(=O)/C(=C\N1CCN(C2CCCCC2CO)C(=O)C1)C(=O)NCc1ccc(F)cc1F. The molecule has 1 aliphatic carbocycles. The number of ketones is 1. The van der Waals surface area contributed by atoms with Crippen LogP contribution in [0, 0.1) is 17.6 Å². The van der Waals surface area contributed by atoms with Gasteiger partial charge in [-0.3, -0.25) is 14.4 Å². The first-order valence-electron chi connectivity index (χ1n) is 11.2. The molecule has 2 atom stereocenters. The summed E-state index contributed by atoms with van der Waals surface area (Å²) in [6, 6.07) is 2.85. The third kappa shape index (κ3) is 5.99. The Balaban J connectivity index is 1.71. The Labute approximate surface area is 196 Å². The molecule has 8 nitrogen and oxygen atoms in total. The van der Waals surface area contributed by atoms with E-state index in [2.05, 4.69) is 11.9 Å². The van der Waals surface area contributed by atoms with Crippen molar-refractivity contribution in [3.05, 3.63) is 59.5 Å². The summed E-state index contributed by atoms with van der Waals surface area (Å²) in [6.45, 7) is 3.49. The lowest BCUT2D eigenvalue weighted by atomic mass is 9.83. The van der Waals surface area contributed by atoms with Crippen molar-refractivity contribution in [1.82, 2.24) is 15.1 Å². The topological polar surface area (TPSA) is 110 Å². The number of hydrogen-bond donors (Lipinski definition) is 3. The third-order valence-electron chi connectivity index (χ3n) is 6.31. The molecule has 2 fully saturated rings. The molecule has 3 N–H and O–H groups in total. The van der Waals surface area contributed by atoms with Crippen LogP contribution in [0.15, 0.2) is 42.3 Å². The van der Waals surface area contributed by atoms with E-state index in [9.17, 15) is 33.4 Å². The number of halogens is 2. The number of amides is 2. The van der Waals surface area contributed by atoms with Crippen LogP contribution < -0.4 is 5.32 Å². The van der Waals surface area contributed by atoms with E-state index >= 15 is 0 Å². The normalized spacial score (nSPS) is 21.4. The van der Waals surface area contributed by atoms with E-state index in [-0.39, 0.29) is 43.1 Å². The van der Waals surface area contributed by atoms with Crippen LogP contribution in [0.3, 0.4) is 0 Å². The van der Waals surface area contributed by atoms with Gasteiger partial charge in [-0.2, -0.15) is 0 Å². The molecule has 2 aliphatic rings. The van der Waals surface area contributed by atoms with E-state index in [1.807, 2.05) is 0 Å². The highest BCUT2D eigenvalue weighted by Gasteiger charge is 2.35. The van der Waals surface area contributed by atoms with Crippen LogP contribution in [0.1, 0.15) is 31.2 Å². The molecule has 184 valence electrons. The molecule has 0 radical (unpaired) electrons. The minimum atomic E-state index is -1.03. The number of benzene rings is 1. The summed E-state index contributed by atoms with van der Waals surface area (Å²) in [7, 11) is 0. The maximum atomic E-state index is 13.9. The summed E-state index contributed by atoms with van der Waals surface area (Å²) in [5.74, 6) is -4.54. The molecule has 0 bridgehead atoms. The minimum absolute atomic E-state index is 0.0130. The fourth-order valence-corrected chi connectivity index (χ4v) is 4.47. The van der Waals surface area contributed by atoms with Crippen LogP contribution in [0.5, 0.6) is 0 Å². The Bertz CT molecular complexity index is 997. The number of nitrogens with one attached hydrogen (secondary N) is 1. The second-order valence-electron chi connectivity index (χ2n) is 8.59. The predicted molar refractivity (Wildman–Crippen MR) is 119 cm³/mol. The van der Waals surface area contributed by atoms with Crippen molar-refractivity contribution < 1.29 is 33.4 Å². The second kappa shape index (κ2) is 11.2. The second-order valence-corrected chi connectivity index (χ2v) is 8.59. The Morgan fingerprint density at radius 2 is 1.94 bits per heavy atom. The largest absolute Gasteiger partial charge is 0.505 e. The molecular weight excluding hydrogens is 448 g/mol. The van der Waals surface area contributed by atoms with Crippen molar-refractivity contribution >= 4 is 17.6 Å². The van der Waals surface area contributed by atoms with Crippen molar-refractivity contribution in [2.45, 2.75) is 38.3 Å². The van der Waals surface area contributed by atoms with E-state index in [0.717, 1.165) is 31.7 Å². The Hall–Kier alpha value is -3.27. The van der Waals surface area contributed by atoms with E-state index < -0.39 is 34.7 Å². The summed E-state index contributed by atoms with van der Waals surface area (Å²) < 4.78 is 26.9. The van der Waals surface area contributed by atoms with E-state index in [0.29, 0.717) is 19.2 Å². The van der Waals surface area contributed by atoms with Crippen LogP contribution in [0.25, 0.3) is 0 Å². The van der Waals surface area contributed by atoms with Gasteiger partial charge < -0.3 is 25.3 Å². The van der Waals surface area contributed by atoms with E-state index in [4.69, 9.17) is 0 Å². The number of aliphatic hydroxyl groups is 2. The molecular formula is C24H29F2N3O5. The number of Topliss-reactive ketones (excluding diaryl/α,β-unsaturated/α-hetero) is 1. The quantitative estimate of drug-likeness (QED) is 0.228. The zero-order valence-corrected chi connectivity index (χ0v) is 18.8. The van der Waals surface area contributed by atoms with Crippen LogP contribution in [0.4, 0.5) is 8.78 Å². The molecule has 3 rings (SSSR count). The maximum Gasteiger partial charge on any atom is 0.257 e. The van der Waals surface area contributed by atoms with Gasteiger partial charge in [-0.1, -0.05) is 25.5 Å². The summed E-state index contributed by atoms with van der Waals surface area (Å²) in [4.78, 5) is 41.2. The molecule has 0 aromatic heterocycles. The van der Waals surface area contributed by atoms with Gasteiger partial charge in [0.15, 0.2) is 5.76 Å². The molecule has 1 saturated heterocycles. The first kappa shape index (κ1) is 25.4. The van der Waals surface area contributed by atoms with Gasteiger partial charge in [0.1, 0.15) is 17.2 Å². The van der Waals surface area contributed by atoms with Crippen molar-refractivity contribution in [3.8, 4) is 0 Å². The maximum absolute atomic E-state index is 13.9. The Morgan fingerprint density at radius 3 is 2.59 bits per heavy atom. The summed E-state index contributed by atoms with van der Waals surface area (Å²) in [5.41, 5.74) is -0.443. The van der Waals surface area contributed by atoms with Gasteiger partial charge in [0, 0.05) is 56.0 Å². The number of carbonyl (C=O) groups is 3. The molecule has 2 unspecified atom stereocenters. The minimum Gasteiger partial charge on any atom is -0.505 e. The summed E-state index contributed by atoms with van der Waals surface area (Å²) in [6.07, 6.45) is 4.89. The standard InChI is InChI=1S/C24H29F2N3O5/c1-15(31)23(33)19(24(34)27-11-16-6-7-18(25)10-20(16)26)12-28-8-9-29(22(32)13-28)21-5-3-2-4-17(21)14-30/h6-7,10,12,17,21,30-31H,1-5,8-9,11,13-14H2,(H,27,34)/b19-12+. The molecule has 10 heteroatoms. The first-order chi connectivity index (χ1) is 16.2. The number of piperazine rings is 1. The average molecular weight is 478 g/mol. The number of rotatable bonds is 8. The Kier molecular flexibility index (Phi) is 8.38. The lowest BCUT2D eigenvalue weighted by Gasteiger charge is -2.43. The fraction of sp³-hybridized carbons (Fsp3) is 0.458. The van der Waals surface area contributed by atoms with Crippen LogP contribution in [-0.2, 0) is 20.9 Å². The van der Waals surface area contributed by atoms with E-state index in [1.54, 1.807) is 4.90 Å². The predicted octanol–water partition coefficient (Wildman–Crippen LogP) is 1.80. The molecule has 1 aromatic carbocycles. The smallest absolute Gasteiger partial charge is 0.257 e. The number of nitrogens with zero attached hydrogens (tertiary/aromatic N) is 2. The van der Waals surface area contributed by atoms with Gasteiger partial charge in [0.05, 0.1) is 6.54 Å². The fourth-order valence-electron chi connectivity index (χ4n) is 4.47. The highest BCUT2D eigenvalue weighted by molar-refractivity contribution is 6.24. The number of aliphatic hydroxyl groups excluding tert-OH is 2. The number of hydrogen-bond acceptors (Lipinski definition) is 6. The van der Waals surface area contributed by atoms with Crippen molar-refractivity contribution in [3.63, 3.8) is 0 Å². The van der Waals surface area contributed by atoms with Crippen molar-refractivity contribution in [2.24, 2.45) is 5.92 Å². The first-order valence-corrected chi connectivity index (χ1v) is 11.2. The molecule has 2 amide bonds. The molecule has 1 aromatic rings. The highest BCUT2D eigenvalue weighted by Crippen LogP contribution is 2.29. The van der Waals surface area contributed by atoms with Crippen LogP contribution in [-0.4, -0.2) is 69.9 Å². The van der Waals surface area contributed by atoms with Gasteiger partial charge in [-0.05, 0) is 18.9 Å². The van der Waals surface area contributed by atoms with Gasteiger partial charge in [-0.25, -0.2) is 8.78 Å². The zero-order chi connectivity index (χ0) is 24.8. The number of carbonyl (C=O) groups excluding carboxylic acids is 3. The van der Waals surface area contributed by atoms with E-state index in [1.165, 1.54) is 17.2 Å². The third-order valence-corrected chi connectivity index (χ3v) is 6.31. The van der Waals surface area contributed by atoms with Gasteiger partial charge in [-0.15, -0.1) is 0 Å². The molecule has 1 aliphatic heterocycles. The molecule has 1 heterocycles. The highest BCUT2D eigenvalue weighted by atomic mass is 19.1. The number of allylic oxidation sites excluding steroid dienone is 1. The van der Waals surface area contributed by atoms with Crippen LogP contribution >= 0.6 is 0 Å². The van der Waals surface area contributed by atoms with Crippen LogP contribution in [0.2, 0.25) is 0 Å². The molecule has 1 saturated carbocycles. The van der Waals surface area contributed by atoms with Crippen molar-refractivity contribution in [1.29, 1.82) is 0 Å². The van der Waals surface area contributed by atoms with Gasteiger partial charge >= 0.3 is 0 Å². The summed E-state index contributed by atoms with van der Waals surface area (Å²) >= 11 is 0. The van der Waals surface area contributed by atoms with Gasteiger partial charge in [0.2, 0.25) is 11.7 Å². The summed E-state index contributed by atoms with van der Waals surface area (Å²) in [5, 5.41) is 21.6. The monoisotopic (exact) mass is 477 g/mol. The zero-order valence-electron chi connectivity index (χ0n) is 18.8. The Morgan fingerprint density at radius 1 is 1.21 bits per heavy atom. The molecule has 34 heavy (non-hydrogen) atoms. The van der Waals surface area contributed by atoms with Gasteiger partial charge in [0.25, 0.3) is 5.91 Å². The van der Waals surface area contributed by atoms with Crippen molar-refractivity contribution in [2.75, 3.05) is 26.2 Å². The average Bonchev–Trinajstić information content (AvgIpc) is 2.81. The lowest BCUT2D eigenvalue weighted by molar-refractivity contribution is -0.140. The lowest BCUT2D eigenvalue weighted by Crippen LogP contribution is -2.55.